The Bertz CT molecular complexity index is 753. The van der Waals surface area contributed by atoms with E-state index in [0.29, 0.717) is 11.4 Å². The number of benzene rings is 1. The van der Waals surface area contributed by atoms with Gasteiger partial charge in [-0.3, -0.25) is 0 Å². The van der Waals surface area contributed by atoms with Crippen molar-refractivity contribution in [3.05, 3.63) is 45.7 Å². The maximum absolute atomic E-state index is 11.6. The van der Waals surface area contributed by atoms with Crippen molar-refractivity contribution in [2.75, 3.05) is 0 Å². The molecule has 0 unspecified atom stereocenters. The largest absolute Gasteiger partial charge is 0.478 e. The van der Waals surface area contributed by atoms with E-state index in [1.54, 1.807) is 0 Å². The molecule has 1 saturated carbocycles. The zero-order valence-corrected chi connectivity index (χ0v) is 13.4. The molecule has 1 fully saturated rings. The first-order valence-corrected chi connectivity index (χ1v) is 7.93. The summed E-state index contributed by atoms with van der Waals surface area (Å²) in [5.41, 5.74) is 1.38. The highest BCUT2D eigenvalue weighted by atomic mass is 79.9. The summed E-state index contributed by atoms with van der Waals surface area (Å²) in [6, 6.07) is 9.31. The number of hydrogen-bond acceptors (Lipinski definition) is 3. The van der Waals surface area contributed by atoms with Gasteiger partial charge in [0.2, 0.25) is 0 Å². The Morgan fingerprint density at radius 3 is 2.50 bits per heavy atom. The van der Waals surface area contributed by atoms with Crippen molar-refractivity contribution in [2.45, 2.75) is 31.6 Å². The van der Waals surface area contributed by atoms with Gasteiger partial charge in [-0.05, 0) is 37.1 Å². The fraction of sp³-hybridized carbons (Fsp3) is 0.312. The average molecular weight is 360 g/mol. The van der Waals surface area contributed by atoms with Crippen LogP contribution in [-0.2, 0) is 0 Å². The number of carbonyl (C=O) groups is 1. The monoisotopic (exact) mass is 359 g/mol. The Morgan fingerprint density at radius 2 is 1.95 bits per heavy atom. The summed E-state index contributed by atoms with van der Waals surface area (Å²) < 4.78 is 2.36. The minimum Gasteiger partial charge on any atom is -0.478 e. The number of aromatic nitrogens is 2. The lowest BCUT2D eigenvalue weighted by Gasteiger charge is -2.06. The van der Waals surface area contributed by atoms with Crippen LogP contribution in [0.3, 0.4) is 0 Å². The molecule has 5 nitrogen and oxygen atoms in total. The number of halogens is 1. The van der Waals surface area contributed by atoms with Gasteiger partial charge in [-0.2, -0.15) is 10.4 Å². The number of nitriles is 1. The van der Waals surface area contributed by atoms with Crippen LogP contribution in [0, 0.1) is 11.3 Å². The van der Waals surface area contributed by atoms with Gasteiger partial charge >= 0.3 is 5.97 Å². The highest BCUT2D eigenvalue weighted by Gasteiger charge is 2.30. The van der Waals surface area contributed by atoms with Gasteiger partial charge in [0.1, 0.15) is 11.6 Å². The van der Waals surface area contributed by atoms with Crippen LogP contribution >= 0.6 is 15.9 Å². The maximum atomic E-state index is 11.6. The summed E-state index contributed by atoms with van der Waals surface area (Å²) in [7, 11) is 0. The molecule has 0 spiro atoms. The normalized spacial score (nSPS) is 14.9. The predicted molar refractivity (Wildman–Crippen MR) is 84.1 cm³/mol. The average Bonchev–Trinajstić information content (AvgIpc) is 3.14. The molecule has 0 aliphatic heterocycles. The van der Waals surface area contributed by atoms with Crippen LogP contribution in [0.4, 0.5) is 0 Å². The van der Waals surface area contributed by atoms with Gasteiger partial charge in [-0.25, -0.2) is 9.48 Å². The smallest absolute Gasteiger partial charge is 0.340 e. The first-order chi connectivity index (χ1) is 10.6. The van der Waals surface area contributed by atoms with E-state index < -0.39 is 5.97 Å². The van der Waals surface area contributed by atoms with Crippen molar-refractivity contribution < 1.29 is 9.90 Å². The number of carboxylic acids is 1. The van der Waals surface area contributed by atoms with E-state index in [4.69, 9.17) is 0 Å². The topological polar surface area (TPSA) is 78.9 Å². The summed E-state index contributed by atoms with van der Waals surface area (Å²) in [5, 5.41) is 23.4. The highest BCUT2D eigenvalue weighted by molar-refractivity contribution is 9.10. The summed E-state index contributed by atoms with van der Waals surface area (Å²) in [6.07, 6.45) is 4.03. The molecule has 1 heterocycles. The predicted octanol–water partition coefficient (Wildman–Crippen LogP) is 3.86. The van der Waals surface area contributed by atoms with Gasteiger partial charge < -0.3 is 5.11 Å². The molecule has 0 amide bonds. The number of carboxylic acid groups (broad SMARTS) is 1. The first kappa shape index (κ1) is 14.8. The van der Waals surface area contributed by atoms with Gasteiger partial charge in [0.05, 0.1) is 11.4 Å². The Morgan fingerprint density at radius 1 is 1.32 bits per heavy atom. The standard InChI is InChI=1S/C16H14BrN3O2/c17-11-5-7-12(8-6-11)20-13(9-18)14(16(21)22)15(19-20)10-3-1-2-4-10/h5-8,10H,1-4H2,(H,21,22). The Labute approximate surface area is 136 Å². The van der Waals surface area contributed by atoms with Crippen LogP contribution in [0.15, 0.2) is 28.7 Å². The lowest BCUT2D eigenvalue weighted by atomic mass is 9.99. The Balaban J connectivity index is 2.18. The molecule has 1 aliphatic rings. The van der Waals surface area contributed by atoms with Crippen LogP contribution in [0.1, 0.15) is 53.3 Å². The van der Waals surface area contributed by atoms with Gasteiger partial charge in [0.15, 0.2) is 5.69 Å². The second-order valence-electron chi connectivity index (χ2n) is 5.40. The molecule has 112 valence electrons. The van der Waals surface area contributed by atoms with E-state index in [-0.39, 0.29) is 17.2 Å². The van der Waals surface area contributed by atoms with Gasteiger partial charge in [-0.1, -0.05) is 28.8 Å². The molecule has 22 heavy (non-hydrogen) atoms. The van der Waals surface area contributed by atoms with Crippen LogP contribution in [0.2, 0.25) is 0 Å². The van der Waals surface area contributed by atoms with Crippen molar-refractivity contribution in [2.24, 2.45) is 0 Å². The lowest BCUT2D eigenvalue weighted by molar-refractivity contribution is 0.0695. The van der Waals surface area contributed by atoms with E-state index in [0.717, 1.165) is 30.2 Å². The fourth-order valence-corrected chi connectivity index (χ4v) is 3.27. The van der Waals surface area contributed by atoms with Crippen molar-refractivity contribution in [1.82, 2.24) is 9.78 Å². The lowest BCUT2D eigenvalue weighted by Crippen LogP contribution is -2.05. The SMILES string of the molecule is N#Cc1c(C(=O)O)c(C2CCCC2)nn1-c1ccc(Br)cc1. The van der Waals surface area contributed by atoms with Gasteiger partial charge in [-0.15, -0.1) is 0 Å². The Hall–Kier alpha value is -2.13. The van der Waals surface area contributed by atoms with E-state index in [1.807, 2.05) is 30.3 Å². The molecule has 2 aromatic rings. The molecule has 1 N–H and O–H groups in total. The number of rotatable bonds is 3. The first-order valence-electron chi connectivity index (χ1n) is 7.14. The molecule has 1 aromatic heterocycles. The number of nitrogens with zero attached hydrogens (tertiary/aromatic N) is 3. The molecular formula is C16H14BrN3O2. The third kappa shape index (κ3) is 2.53. The second-order valence-corrected chi connectivity index (χ2v) is 6.31. The van der Waals surface area contributed by atoms with Crippen molar-refractivity contribution in [1.29, 1.82) is 5.26 Å². The van der Waals surface area contributed by atoms with Gasteiger partial charge in [0, 0.05) is 10.4 Å². The molecule has 1 aromatic carbocycles. The minimum absolute atomic E-state index is 0.0531. The third-order valence-electron chi connectivity index (χ3n) is 4.05. The van der Waals surface area contributed by atoms with E-state index in [9.17, 15) is 15.2 Å². The van der Waals surface area contributed by atoms with E-state index in [2.05, 4.69) is 21.0 Å². The molecule has 0 bridgehead atoms. The van der Waals surface area contributed by atoms with Crippen LogP contribution in [0.25, 0.3) is 5.69 Å². The van der Waals surface area contributed by atoms with E-state index in [1.165, 1.54) is 4.68 Å². The number of aromatic carboxylic acids is 1. The van der Waals surface area contributed by atoms with Crippen LogP contribution in [-0.4, -0.2) is 20.9 Å². The summed E-state index contributed by atoms with van der Waals surface area (Å²) in [4.78, 5) is 11.6. The van der Waals surface area contributed by atoms with Crippen molar-refractivity contribution in [3.8, 4) is 11.8 Å². The molecule has 3 rings (SSSR count). The summed E-state index contributed by atoms with van der Waals surface area (Å²) in [5.74, 6) is -0.947. The zero-order valence-electron chi connectivity index (χ0n) is 11.8. The molecule has 1 aliphatic carbocycles. The van der Waals surface area contributed by atoms with Crippen LogP contribution < -0.4 is 0 Å². The quantitative estimate of drug-likeness (QED) is 0.901. The summed E-state index contributed by atoms with van der Waals surface area (Å²) >= 11 is 3.36. The molecule has 0 atom stereocenters. The molecule has 0 radical (unpaired) electrons. The molecular weight excluding hydrogens is 346 g/mol. The molecule has 0 saturated heterocycles. The molecule has 6 heteroatoms. The summed E-state index contributed by atoms with van der Waals surface area (Å²) in [6.45, 7) is 0. The zero-order chi connectivity index (χ0) is 15.7. The second kappa shape index (κ2) is 5.93. The number of hydrogen-bond donors (Lipinski definition) is 1. The highest BCUT2D eigenvalue weighted by Crippen LogP contribution is 2.36. The Kier molecular flexibility index (Phi) is 3.99. The van der Waals surface area contributed by atoms with E-state index >= 15 is 0 Å². The van der Waals surface area contributed by atoms with Crippen molar-refractivity contribution in [3.63, 3.8) is 0 Å². The fourth-order valence-electron chi connectivity index (χ4n) is 3.00. The van der Waals surface area contributed by atoms with Crippen molar-refractivity contribution >= 4 is 21.9 Å². The third-order valence-corrected chi connectivity index (χ3v) is 4.57. The minimum atomic E-state index is -1.08. The van der Waals surface area contributed by atoms with Crippen LogP contribution in [0.5, 0.6) is 0 Å². The van der Waals surface area contributed by atoms with Gasteiger partial charge in [0.25, 0.3) is 0 Å². The maximum Gasteiger partial charge on any atom is 0.340 e.